The minimum absolute atomic E-state index is 0. The van der Waals surface area contributed by atoms with Gasteiger partial charge in [0.05, 0.1) is 11.5 Å². The van der Waals surface area contributed by atoms with Gasteiger partial charge in [0.25, 0.3) is 0 Å². The molecule has 0 spiro atoms. The van der Waals surface area contributed by atoms with Crippen molar-refractivity contribution in [2.75, 3.05) is 0 Å². The van der Waals surface area contributed by atoms with Crippen LogP contribution in [-0.2, 0) is 10.3 Å². The fourth-order valence-electron chi connectivity index (χ4n) is 0.590. The van der Waals surface area contributed by atoms with Gasteiger partial charge in [-0.25, -0.2) is 9.67 Å². The Kier molecular flexibility index (Phi) is 3.89. The second-order valence-electron chi connectivity index (χ2n) is 2.69. The maximum absolute atomic E-state index is 10.5. The fraction of sp³-hybridized carbons (Fsp3) is 0.500. The van der Waals surface area contributed by atoms with Gasteiger partial charge in [0.2, 0.25) is 0 Å². The summed E-state index contributed by atoms with van der Waals surface area (Å²) in [5.41, 5.74) is -1.13. The largest absolute Gasteiger partial charge is 1.00 e. The molecule has 0 fully saturated rings. The molecule has 60 valence electrons. The molecule has 0 N–H and O–H groups in total. The molecule has 12 heavy (non-hydrogen) atoms. The standard InChI is InChI=1S/C6H9N3O2.Na/c1-6(2,5(10)11)9-4-7-3-8-9;/h3-4H,1-2H3,(H,10,11);/q;+1/p-1. The van der Waals surface area contributed by atoms with Crippen LogP contribution < -0.4 is 34.7 Å². The molecule has 0 saturated heterocycles. The molecular weight excluding hydrogens is 169 g/mol. The Morgan fingerprint density at radius 3 is 2.50 bits per heavy atom. The minimum Gasteiger partial charge on any atom is -0.548 e. The Bertz CT molecular complexity index is 258. The molecular formula is C6H8N3NaO2. The molecule has 1 rings (SSSR count). The van der Waals surface area contributed by atoms with Crippen molar-refractivity contribution in [3.63, 3.8) is 0 Å². The van der Waals surface area contributed by atoms with Crippen molar-refractivity contribution in [1.82, 2.24) is 14.8 Å². The molecule has 0 aromatic carbocycles. The summed E-state index contributed by atoms with van der Waals surface area (Å²) in [6.07, 6.45) is 2.63. The second-order valence-corrected chi connectivity index (χ2v) is 2.69. The predicted octanol–water partition coefficient (Wildman–Crippen LogP) is -4.23. The molecule has 0 radical (unpaired) electrons. The van der Waals surface area contributed by atoms with Crippen molar-refractivity contribution in [1.29, 1.82) is 0 Å². The van der Waals surface area contributed by atoms with Crippen molar-refractivity contribution in [3.8, 4) is 0 Å². The van der Waals surface area contributed by atoms with Gasteiger partial charge in [-0.05, 0) is 13.8 Å². The molecule has 0 aliphatic rings. The molecule has 6 heteroatoms. The Morgan fingerprint density at radius 1 is 1.58 bits per heavy atom. The first-order chi connectivity index (χ1) is 5.05. The van der Waals surface area contributed by atoms with E-state index in [0.29, 0.717) is 0 Å². The number of carboxylic acids is 1. The van der Waals surface area contributed by atoms with Crippen LogP contribution in [0.2, 0.25) is 0 Å². The molecule has 0 aliphatic heterocycles. The van der Waals surface area contributed by atoms with Crippen LogP contribution in [0.3, 0.4) is 0 Å². The number of nitrogens with zero attached hydrogens (tertiary/aromatic N) is 3. The summed E-state index contributed by atoms with van der Waals surface area (Å²) in [7, 11) is 0. The van der Waals surface area contributed by atoms with E-state index in [-0.39, 0.29) is 29.6 Å². The van der Waals surface area contributed by atoms with E-state index in [4.69, 9.17) is 0 Å². The van der Waals surface area contributed by atoms with E-state index in [1.165, 1.54) is 31.2 Å². The van der Waals surface area contributed by atoms with Crippen molar-refractivity contribution in [2.45, 2.75) is 19.4 Å². The van der Waals surface area contributed by atoms with Crippen molar-refractivity contribution in [3.05, 3.63) is 12.7 Å². The van der Waals surface area contributed by atoms with Gasteiger partial charge in [-0.1, -0.05) is 0 Å². The number of aliphatic carboxylic acids is 1. The van der Waals surface area contributed by atoms with E-state index in [2.05, 4.69) is 10.1 Å². The summed E-state index contributed by atoms with van der Waals surface area (Å²) >= 11 is 0. The van der Waals surface area contributed by atoms with E-state index in [1.54, 1.807) is 0 Å². The maximum Gasteiger partial charge on any atom is 1.00 e. The van der Waals surface area contributed by atoms with Crippen molar-refractivity contribution < 1.29 is 39.5 Å². The molecule has 1 heterocycles. The SMILES string of the molecule is CC(C)(C(=O)[O-])n1cncn1.[Na+]. The molecule has 0 saturated carbocycles. The molecule has 5 nitrogen and oxygen atoms in total. The third-order valence-corrected chi connectivity index (χ3v) is 1.49. The number of rotatable bonds is 2. The first kappa shape index (κ1) is 11.6. The van der Waals surface area contributed by atoms with Crippen LogP contribution in [-0.4, -0.2) is 20.7 Å². The molecule has 0 amide bonds. The summed E-state index contributed by atoms with van der Waals surface area (Å²) in [5.74, 6) is -1.18. The van der Waals surface area contributed by atoms with E-state index in [9.17, 15) is 9.90 Å². The molecule has 0 unspecified atom stereocenters. The average molecular weight is 177 g/mol. The third kappa shape index (κ3) is 2.06. The summed E-state index contributed by atoms with van der Waals surface area (Å²) in [4.78, 5) is 14.2. The van der Waals surface area contributed by atoms with E-state index >= 15 is 0 Å². The zero-order valence-electron chi connectivity index (χ0n) is 7.31. The summed E-state index contributed by atoms with van der Waals surface area (Å²) in [6.45, 7) is 2.99. The fourth-order valence-corrected chi connectivity index (χ4v) is 0.590. The van der Waals surface area contributed by atoms with Crippen molar-refractivity contribution in [2.24, 2.45) is 0 Å². The van der Waals surface area contributed by atoms with Crippen LogP contribution >= 0.6 is 0 Å². The summed E-state index contributed by atoms with van der Waals surface area (Å²) < 4.78 is 1.24. The van der Waals surface area contributed by atoms with Gasteiger partial charge in [0, 0.05) is 0 Å². The van der Waals surface area contributed by atoms with Gasteiger partial charge < -0.3 is 9.90 Å². The molecule has 1 aromatic rings. The van der Waals surface area contributed by atoms with Gasteiger partial charge in [0.15, 0.2) is 0 Å². The Hall–Kier alpha value is -0.390. The van der Waals surface area contributed by atoms with E-state index in [1.807, 2.05) is 0 Å². The van der Waals surface area contributed by atoms with Crippen molar-refractivity contribution >= 4 is 5.97 Å². The Labute approximate surface area is 92.1 Å². The van der Waals surface area contributed by atoms with Gasteiger partial charge >= 0.3 is 29.6 Å². The number of carbonyl (C=O) groups excluding carboxylic acids is 1. The summed E-state index contributed by atoms with van der Waals surface area (Å²) in [6, 6.07) is 0. The van der Waals surface area contributed by atoms with E-state index in [0.717, 1.165) is 0 Å². The van der Waals surface area contributed by atoms with Crippen LogP contribution in [0.15, 0.2) is 12.7 Å². The number of carboxylic acid groups (broad SMARTS) is 1. The summed E-state index contributed by atoms with van der Waals surface area (Å²) in [5, 5.41) is 14.2. The molecule has 0 bridgehead atoms. The van der Waals surface area contributed by atoms with Crippen LogP contribution in [0.5, 0.6) is 0 Å². The van der Waals surface area contributed by atoms with Crippen LogP contribution in [0.1, 0.15) is 13.8 Å². The monoisotopic (exact) mass is 177 g/mol. The maximum atomic E-state index is 10.5. The number of aromatic nitrogens is 3. The van der Waals surface area contributed by atoms with Gasteiger partial charge in [-0.3, -0.25) is 0 Å². The van der Waals surface area contributed by atoms with Crippen LogP contribution in [0, 0.1) is 0 Å². The zero-order valence-corrected chi connectivity index (χ0v) is 9.31. The van der Waals surface area contributed by atoms with Crippen LogP contribution in [0.25, 0.3) is 0 Å². The third-order valence-electron chi connectivity index (χ3n) is 1.49. The van der Waals surface area contributed by atoms with Gasteiger partial charge in [-0.15, -0.1) is 0 Å². The molecule has 0 aliphatic carbocycles. The quantitative estimate of drug-likeness (QED) is 0.429. The predicted molar refractivity (Wildman–Crippen MR) is 34.4 cm³/mol. The average Bonchev–Trinajstić information content (AvgIpc) is 2.37. The minimum atomic E-state index is -1.18. The first-order valence-electron chi connectivity index (χ1n) is 3.11. The first-order valence-corrected chi connectivity index (χ1v) is 3.11. The van der Waals surface area contributed by atoms with Gasteiger partial charge in [-0.2, -0.15) is 5.10 Å². The normalized spacial score (nSPS) is 10.5. The second kappa shape index (κ2) is 4.02. The van der Waals surface area contributed by atoms with Crippen LogP contribution in [0.4, 0.5) is 0 Å². The number of hydrogen-bond acceptors (Lipinski definition) is 4. The molecule has 1 aromatic heterocycles. The van der Waals surface area contributed by atoms with E-state index < -0.39 is 11.5 Å². The Morgan fingerprint density at radius 2 is 2.17 bits per heavy atom. The molecule has 0 atom stereocenters. The topological polar surface area (TPSA) is 70.8 Å². The Balaban J connectivity index is 0.00000121. The number of hydrogen-bond donors (Lipinski definition) is 0. The van der Waals surface area contributed by atoms with Gasteiger partial charge in [0.1, 0.15) is 12.7 Å². The smallest absolute Gasteiger partial charge is 0.548 e. The number of carbonyl (C=O) groups is 1. The zero-order chi connectivity index (χ0) is 8.48.